The van der Waals surface area contributed by atoms with Crippen LogP contribution in [-0.4, -0.2) is 53.5 Å². The number of hydrogen-bond donors (Lipinski definition) is 1. The van der Waals surface area contributed by atoms with Crippen molar-refractivity contribution in [3.63, 3.8) is 0 Å². The van der Waals surface area contributed by atoms with E-state index in [1.807, 2.05) is 13.0 Å². The highest BCUT2D eigenvalue weighted by atomic mass is 16.2. The molecule has 1 fully saturated rings. The summed E-state index contributed by atoms with van der Waals surface area (Å²) in [5, 5.41) is 3.10. The van der Waals surface area contributed by atoms with Crippen LogP contribution in [0, 0.1) is 0 Å². The Balaban J connectivity index is 1.45. The van der Waals surface area contributed by atoms with Gasteiger partial charge in [-0.15, -0.1) is 0 Å². The number of nitrogens with zero attached hydrogens (tertiary/aromatic N) is 4. The van der Waals surface area contributed by atoms with Gasteiger partial charge in [0.1, 0.15) is 0 Å². The fourth-order valence-corrected chi connectivity index (χ4v) is 3.18. The smallest absolute Gasteiger partial charge is 0.234 e. The molecule has 0 spiro atoms. The van der Waals surface area contributed by atoms with E-state index in [0.29, 0.717) is 6.54 Å². The number of carbonyl (C=O) groups excluding carboxylic acids is 1. The van der Waals surface area contributed by atoms with Gasteiger partial charge in [0.2, 0.25) is 11.9 Å². The van der Waals surface area contributed by atoms with Gasteiger partial charge in [-0.25, -0.2) is 9.97 Å². The molecule has 1 aliphatic heterocycles. The second-order valence-corrected chi connectivity index (χ2v) is 6.70. The van der Waals surface area contributed by atoms with E-state index in [1.165, 1.54) is 5.56 Å². The molecule has 0 radical (unpaired) electrons. The fraction of sp³-hybridized carbons (Fsp3) is 0.450. The third-order valence-electron chi connectivity index (χ3n) is 4.84. The van der Waals surface area contributed by atoms with Crippen molar-refractivity contribution in [1.29, 1.82) is 0 Å². The molecule has 1 aromatic carbocycles. The van der Waals surface area contributed by atoms with E-state index in [-0.39, 0.29) is 11.9 Å². The minimum atomic E-state index is 0.0208. The van der Waals surface area contributed by atoms with Crippen molar-refractivity contribution >= 4 is 11.9 Å². The lowest BCUT2D eigenvalue weighted by molar-refractivity contribution is -0.123. The molecule has 1 aromatic heterocycles. The van der Waals surface area contributed by atoms with Crippen LogP contribution >= 0.6 is 0 Å². The first-order valence-electron chi connectivity index (χ1n) is 9.28. The Morgan fingerprint density at radius 3 is 2.38 bits per heavy atom. The average Bonchev–Trinajstić information content (AvgIpc) is 2.69. The molecule has 0 saturated carbocycles. The van der Waals surface area contributed by atoms with Crippen molar-refractivity contribution < 1.29 is 4.79 Å². The van der Waals surface area contributed by atoms with E-state index in [2.05, 4.69) is 56.3 Å². The summed E-state index contributed by atoms with van der Waals surface area (Å²) in [6.07, 6.45) is 4.55. The Hall–Kier alpha value is -2.47. The lowest BCUT2D eigenvalue weighted by Crippen LogP contribution is -2.50. The predicted octanol–water partition coefficient (Wildman–Crippen LogP) is 2.04. The molecular weight excluding hydrogens is 326 g/mol. The van der Waals surface area contributed by atoms with Gasteiger partial charge in [0, 0.05) is 38.6 Å². The largest absolute Gasteiger partial charge is 0.348 e. The second-order valence-electron chi connectivity index (χ2n) is 6.70. The lowest BCUT2D eigenvalue weighted by Gasteiger charge is -2.34. The molecule has 138 valence electrons. The summed E-state index contributed by atoms with van der Waals surface area (Å²) in [7, 11) is 0. The van der Waals surface area contributed by atoms with E-state index >= 15 is 0 Å². The van der Waals surface area contributed by atoms with Crippen LogP contribution in [0.15, 0.2) is 42.7 Å². The van der Waals surface area contributed by atoms with Crippen LogP contribution in [0.4, 0.5) is 5.95 Å². The maximum Gasteiger partial charge on any atom is 0.234 e. The van der Waals surface area contributed by atoms with Gasteiger partial charge < -0.3 is 10.2 Å². The number of piperazine rings is 1. The molecule has 3 rings (SSSR count). The van der Waals surface area contributed by atoms with Gasteiger partial charge in [-0.1, -0.05) is 31.2 Å². The molecule has 2 aromatic rings. The molecule has 1 saturated heterocycles. The average molecular weight is 353 g/mol. The lowest BCUT2D eigenvalue weighted by atomic mass is 10.1. The first kappa shape index (κ1) is 18.3. The number of rotatable bonds is 6. The van der Waals surface area contributed by atoms with Crippen molar-refractivity contribution in [2.24, 2.45) is 0 Å². The first-order chi connectivity index (χ1) is 12.7. The zero-order valence-corrected chi connectivity index (χ0v) is 15.6. The number of amides is 1. The topological polar surface area (TPSA) is 61.4 Å². The highest BCUT2D eigenvalue weighted by molar-refractivity contribution is 5.78. The molecule has 6 heteroatoms. The van der Waals surface area contributed by atoms with Gasteiger partial charge in [0.05, 0.1) is 12.6 Å². The number of carbonyl (C=O) groups is 1. The van der Waals surface area contributed by atoms with Crippen molar-refractivity contribution in [3.05, 3.63) is 53.9 Å². The Labute approximate surface area is 155 Å². The van der Waals surface area contributed by atoms with Crippen LogP contribution in [0.1, 0.15) is 31.0 Å². The molecule has 1 unspecified atom stereocenters. The van der Waals surface area contributed by atoms with E-state index in [9.17, 15) is 4.79 Å². The van der Waals surface area contributed by atoms with Gasteiger partial charge >= 0.3 is 0 Å². The summed E-state index contributed by atoms with van der Waals surface area (Å²) in [6, 6.07) is 10.3. The van der Waals surface area contributed by atoms with Crippen LogP contribution in [0.5, 0.6) is 0 Å². The van der Waals surface area contributed by atoms with Crippen LogP contribution < -0.4 is 10.2 Å². The maximum atomic E-state index is 12.4. The van der Waals surface area contributed by atoms with E-state index in [0.717, 1.165) is 44.1 Å². The predicted molar refractivity (Wildman–Crippen MR) is 103 cm³/mol. The molecule has 2 heterocycles. The summed E-state index contributed by atoms with van der Waals surface area (Å²) in [5.41, 5.74) is 2.45. The SMILES string of the molecule is CCc1ccc(C(C)NC(=O)CN2CCN(c3ncccn3)CC2)cc1. The molecule has 1 N–H and O–H groups in total. The molecule has 1 aliphatic rings. The van der Waals surface area contributed by atoms with Gasteiger partial charge in [0.25, 0.3) is 0 Å². The summed E-state index contributed by atoms with van der Waals surface area (Å²) < 4.78 is 0. The summed E-state index contributed by atoms with van der Waals surface area (Å²) in [6.45, 7) is 7.96. The fourth-order valence-electron chi connectivity index (χ4n) is 3.18. The normalized spacial score (nSPS) is 16.3. The van der Waals surface area contributed by atoms with Crippen molar-refractivity contribution in [3.8, 4) is 0 Å². The number of benzene rings is 1. The molecule has 0 bridgehead atoms. The molecule has 1 atom stereocenters. The standard InChI is InChI=1S/C20H27N5O/c1-3-17-5-7-18(8-6-17)16(2)23-19(26)15-24-11-13-25(14-12-24)20-21-9-4-10-22-20/h4-10,16H,3,11-15H2,1-2H3,(H,23,26). The minimum Gasteiger partial charge on any atom is -0.348 e. The molecule has 26 heavy (non-hydrogen) atoms. The van der Waals surface area contributed by atoms with Crippen LogP contribution in [-0.2, 0) is 11.2 Å². The van der Waals surface area contributed by atoms with Crippen LogP contribution in [0.2, 0.25) is 0 Å². The third-order valence-corrected chi connectivity index (χ3v) is 4.84. The summed E-state index contributed by atoms with van der Waals surface area (Å²) in [5.74, 6) is 0.835. The maximum absolute atomic E-state index is 12.4. The monoisotopic (exact) mass is 353 g/mol. The highest BCUT2D eigenvalue weighted by Gasteiger charge is 2.21. The Morgan fingerprint density at radius 1 is 1.12 bits per heavy atom. The van der Waals surface area contributed by atoms with E-state index in [1.54, 1.807) is 12.4 Å². The van der Waals surface area contributed by atoms with E-state index < -0.39 is 0 Å². The Kier molecular flexibility index (Phi) is 6.17. The summed E-state index contributed by atoms with van der Waals surface area (Å²) >= 11 is 0. The van der Waals surface area contributed by atoms with Gasteiger partial charge in [-0.3, -0.25) is 9.69 Å². The highest BCUT2D eigenvalue weighted by Crippen LogP contribution is 2.14. The third kappa shape index (κ3) is 4.79. The minimum absolute atomic E-state index is 0.0208. The molecule has 0 aliphatic carbocycles. The number of nitrogens with one attached hydrogen (secondary N) is 1. The van der Waals surface area contributed by atoms with Crippen molar-refractivity contribution in [1.82, 2.24) is 20.2 Å². The quantitative estimate of drug-likeness (QED) is 0.861. The summed E-state index contributed by atoms with van der Waals surface area (Å²) in [4.78, 5) is 25.3. The number of aryl methyl sites for hydroxylation is 1. The number of hydrogen-bond acceptors (Lipinski definition) is 5. The second kappa shape index (κ2) is 8.76. The molecule has 6 nitrogen and oxygen atoms in total. The van der Waals surface area contributed by atoms with E-state index in [4.69, 9.17) is 0 Å². The first-order valence-corrected chi connectivity index (χ1v) is 9.28. The van der Waals surface area contributed by atoms with Gasteiger partial charge in [0.15, 0.2) is 0 Å². The van der Waals surface area contributed by atoms with Crippen molar-refractivity contribution in [2.75, 3.05) is 37.6 Å². The van der Waals surface area contributed by atoms with Crippen LogP contribution in [0.3, 0.4) is 0 Å². The van der Waals surface area contributed by atoms with Crippen LogP contribution in [0.25, 0.3) is 0 Å². The number of aromatic nitrogens is 2. The molecular formula is C20H27N5O. The van der Waals surface area contributed by atoms with Gasteiger partial charge in [-0.05, 0) is 30.5 Å². The zero-order valence-electron chi connectivity index (χ0n) is 15.6. The number of anilines is 1. The zero-order chi connectivity index (χ0) is 18.4. The van der Waals surface area contributed by atoms with Gasteiger partial charge in [-0.2, -0.15) is 0 Å². The molecule has 1 amide bonds. The van der Waals surface area contributed by atoms with Crippen molar-refractivity contribution in [2.45, 2.75) is 26.3 Å². The Bertz CT molecular complexity index is 696. The Morgan fingerprint density at radius 2 is 1.77 bits per heavy atom.